The third-order valence-corrected chi connectivity index (χ3v) is 5.35. The maximum atomic E-state index is 12.9. The number of anilines is 2. The summed E-state index contributed by atoms with van der Waals surface area (Å²) in [6.07, 6.45) is 1.85. The Bertz CT molecular complexity index is 743. The standard InChI is InChI=1S/C15H10BrFN2S2/c16-21-13-4-2-1-3-12(13)14-9-18-15(20-14)19-11-7-5-10(17)6-8-11/h1-9H,(H,18,19). The van der Waals surface area contributed by atoms with E-state index in [9.17, 15) is 4.39 Å². The fraction of sp³-hybridized carbons (Fsp3) is 0. The summed E-state index contributed by atoms with van der Waals surface area (Å²) in [5.41, 5.74) is 1.96. The largest absolute Gasteiger partial charge is 0.332 e. The van der Waals surface area contributed by atoms with Gasteiger partial charge in [-0.25, -0.2) is 9.37 Å². The van der Waals surface area contributed by atoms with Crippen LogP contribution in [0.3, 0.4) is 0 Å². The van der Waals surface area contributed by atoms with Crippen molar-refractivity contribution in [1.82, 2.24) is 4.98 Å². The summed E-state index contributed by atoms with van der Waals surface area (Å²) < 4.78 is 12.9. The Labute approximate surface area is 137 Å². The first-order valence-electron chi connectivity index (χ1n) is 6.12. The molecule has 0 amide bonds. The summed E-state index contributed by atoms with van der Waals surface area (Å²) in [7, 11) is 1.53. The molecular weight excluding hydrogens is 371 g/mol. The van der Waals surface area contributed by atoms with Crippen LogP contribution in [0.15, 0.2) is 59.6 Å². The van der Waals surface area contributed by atoms with Crippen LogP contribution in [0.4, 0.5) is 15.2 Å². The smallest absolute Gasteiger partial charge is 0.187 e. The van der Waals surface area contributed by atoms with E-state index in [0.717, 1.165) is 26.2 Å². The van der Waals surface area contributed by atoms with Gasteiger partial charge in [-0.05, 0) is 55.3 Å². The molecule has 1 aromatic heterocycles. The second kappa shape index (κ2) is 6.60. The van der Waals surface area contributed by atoms with Crippen molar-refractivity contribution in [2.75, 3.05) is 5.32 Å². The van der Waals surface area contributed by atoms with Crippen LogP contribution in [0.25, 0.3) is 10.4 Å². The van der Waals surface area contributed by atoms with E-state index in [4.69, 9.17) is 0 Å². The summed E-state index contributed by atoms with van der Waals surface area (Å²) in [6, 6.07) is 14.4. The molecule has 1 N–H and O–H groups in total. The molecule has 6 heteroatoms. The first-order valence-corrected chi connectivity index (χ1v) is 9.60. The SMILES string of the molecule is Fc1ccc(Nc2ncc(-c3ccccc3SBr)s2)cc1. The minimum absolute atomic E-state index is 0.247. The van der Waals surface area contributed by atoms with Crippen LogP contribution in [0.2, 0.25) is 0 Å². The van der Waals surface area contributed by atoms with E-state index < -0.39 is 0 Å². The lowest BCUT2D eigenvalue weighted by molar-refractivity contribution is 0.628. The fourth-order valence-corrected chi connectivity index (χ4v) is 4.03. The Kier molecular flexibility index (Phi) is 4.57. The van der Waals surface area contributed by atoms with Crippen LogP contribution in [0, 0.1) is 5.82 Å². The molecule has 0 atom stereocenters. The van der Waals surface area contributed by atoms with Crippen LogP contribution < -0.4 is 5.32 Å². The molecule has 0 radical (unpaired) electrons. The van der Waals surface area contributed by atoms with Gasteiger partial charge in [-0.15, -0.1) is 0 Å². The number of rotatable bonds is 4. The second-order valence-corrected chi connectivity index (χ2v) is 6.83. The van der Waals surface area contributed by atoms with Crippen molar-refractivity contribution >= 4 is 47.2 Å². The van der Waals surface area contributed by atoms with Crippen LogP contribution in [0.1, 0.15) is 0 Å². The Morgan fingerprint density at radius 1 is 1.10 bits per heavy atom. The monoisotopic (exact) mass is 380 g/mol. The van der Waals surface area contributed by atoms with Gasteiger partial charge in [0.1, 0.15) is 5.82 Å². The van der Waals surface area contributed by atoms with E-state index in [1.165, 1.54) is 22.3 Å². The number of halogens is 2. The number of hydrogen-bond donors (Lipinski definition) is 1. The summed E-state index contributed by atoms with van der Waals surface area (Å²) in [5.74, 6) is -0.247. The van der Waals surface area contributed by atoms with Crippen molar-refractivity contribution in [2.24, 2.45) is 0 Å². The lowest BCUT2D eigenvalue weighted by atomic mass is 10.2. The quantitative estimate of drug-likeness (QED) is 0.592. The third kappa shape index (κ3) is 3.45. The van der Waals surface area contributed by atoms with E-state index in [1.807, 2.05) is 18.3 Å². The number of nitrogens with zero attached hydrogens (tertiary/aromatic N) is 1. The van der Waals surface area contributed by atoms with Gasteiger partial charge in [0, 0.05) is 22.3 Å². The summed E-state index contributed by atoms with van der Waals surface area (Å²) >= 11 is 4.99. The first-order chi connectivity index (χ1) is 10.3. The van der Waals surface area contributed by atoms with Crippen molar-refractivity contribution in [2.45, 2.75) is 4.90 Å². The summed E-state index contributed by atoms with van der Waals surface area (Å²) in [4.78, 5) is 6.61. The van der Waals surface area contributed by atoms with Gasteiger partial charge >= 0.3 is 0 Å². The van der Waals surface area contributed by atoms with Crippen molar-refractivity contribution < 1.29 is 4.39 Å². The highest BCUT2D eigenvalue weighted by atomic mass is 79.9. The molecule has 0 fully saturated rings. The fourth-order valence-electron chi connectivity index (χ4n) is 1.85. The van der Waals surface area contributed by atoms with Gasteiger partial charge < -0.3 is 5.32 Å². The Balaban J connectivity index is 1.84. The normalized spacial score (nSPS) is 10.6. The molecule has 21 heavy (non-hydrogen) atoms. The lowest BCUT2D eigenvalue weighted by Gasteiger charge is -2.03. The van der Waals surface area contributed by atoms with Gasteiger partial charge in [0.2, 0.25) is 0 Å². The zero-order valence-corrected chi connectivity index (χ0v) is 13.9. The van der Waals surface area contributed by atoms with E-state index in [0.29, 0.717) is 0 Å². The van der Waals surface area contributed by atoms with E-state index in [2.05, 4.69) is 37.2 Å². The molecule has 3 aromatic rings. The maximum Gasteiger partial charge on any atom is 0.187 e. The van der Waals surface area contributed by atoms with E-state index >= 15 is 0 Å². The molecular formula is C15H10BrFN2S2. The molecule has 2 nitrogen and oxygen atoms in total. The molecule has 0 saturated heterocycles. The van der Waals surface area contributed by atoms with Crippen LogP contribution in [-0.4, -0.2) is 4.98 Å². The van der Waals surface area contributed by atoms with Gasteiger partial charge in [-0.1, -0.05) is 29.5 Å². The average Bonchev–Trinajstić information content (AvgIpc) is 2.98. The minimum atomic E-state index is -0.247. The zero-order chi connectivity index (χ0) is 14.7. The highest BCUT2D eigenvalue weighted by molar-refractivity contribution is 9.50. The van der Waals surface area contributed by atoms with Gasteiger partial charge in [0.25, 0.3) is 0 Å². The van der Waals surface area contributed by atoms with Gasteiger partial charge in [0.15, 0.2) is 5.13 Å². The number of thiazole rings is 1. The predicted octanol–water partition coefficient (Wildman–Crippen LogP) is 6.09. The number of aromatic nitrogens is 1. The Morgan fingerprint density at radius 3 is 2.62 bits per heavy atom. The highest BCUT2D eigenvalue weighted by Gasteiger charge is 2.09. The maximum absolute atomic E-state index is 12.9. The average molecular weight is 381 g/mol. The summed E-state index contributed by atoms with van der Waals surface area (Å²) in [5, 5.41) is 3.96. The van der Waals surface area contributed by atoms with Crippen molar-refractivity contribution in [3.8, 4) is 10.4 Å². The van der Waals surface area contributed by atoms with Gasteiger partial charge in [-0.3, -0.25) is 0 Å². The first kappa shape index (κ1) is 14.6. The molecule has 0 aliphatic rings. The third-order valence-electron chi connectivity index (χ3n) is 2.84. The Morgan fingerprint density at radius 2 is 1.86 bits per heavy atom. The number of benzene rings is 2. The molecule has 0 spiro atoms. The molecule has 0 unspecified atom stereocenters. The second-order valence-electron chi connectivity index (χ2n) is 4.23. The topological polar surface area (TPSA) is 24.9 Å². The molecule has 106 valence electrons. The van der Waals surface area contributed by atoms with Crippen LogP contribution in [0.5, 0.6) is 0 Å². The van der Waals surface area contributed by atoms with Crippen LogP contribution in [-0.2, 0) is 0 Å². The van der Waals surface area contributed by atoms with Crippen molar-refractivity contribution in [1.29, 1.82) is 0 Å². The van der Waals surface area contributed by atoms with Crippen molar-refractivity contribution in [3.63, 3.8) is 0 Å². The van der Waals surface area contributed by atoms with Gasteiger partial charge in [-0.2, -0.15) is 0 Å². The molecule has 0 saturated carbocycles. The molecule has 0 aliphatic carbocycles. The predicted molar refractivity (Wildman–Crippen MR) is 92.0 cm³/mol. The molecule has 3 rings (SSSR count). The molecule has 2 aromatic carbocycles. The lowest BCUT2D eigenvalue weighted by Crippen LogP contribution is -1.88. The zero-order valence-electron chi connectivity index (χ0n) is 10.7. The van der Waals surface area contributed by atoms with E-state index in [1.54, 1.807) is 23.5 Å². The molecule has 0 aliphatic heterocycles. The van der Waals surface area contributed by atoms with Crippen LogP contribution >= 0.6 is 36.3 Å². The molecule has 0 bridgehead atoms. The molecule has 1 heterocycles. The highest BCUT2D eigenvalue weighted by Crippen LogP contribution is 2.38. The number of nitrogens with one attached hydrogen (secondary N) is 1. The summed E-state index contributed by atoms with van der Waals surface area (Å²) in [6.45, 7) is 0. The number of hydrogen-bond acceptors (Lipinski definition) is 4. The Hall–Kier alpha value is -1.37. The minimum Gasteiger partial charge on any atom is -0.332 e. The van der Waals surface area contributed by atoms with Crippen molar-refractivity contribution in [3.05, 3.63) is 60.5 Å². The van der Waals surface area contributed by atoms with E-state index in [-0.39, 0.29) is 5.82 Å². The van der Waals surface area contributed by atoms with Gasteiger partial charge in [0.05, 0.1) is 4.88 Å².